The van der Waals surface area contributed by atoms with Crippen LogP contribution < -0.4 is 5.32 Å². The van der Waals surface area contributed by atoms with E-state index in [0.29, 0.717) is 12.8 Å². The maximum absolute atomic E-state index is 12.5. The van der Waals surface area contributed by atoms with E-state index in [1.807, 2.05) is 0 Å². The number of hydrogen-bond acceptors (Lipinski definition) is 5. The van der Waals surface area contributed by atoms with Gasteiger partial charge >= 0.3 is 0 Å². The molecule has 46 heavy (non-hydrogen) atoms. The van der Waals surface area contributed by atoms with Crippen LogP contribution in [0.25, 0.3) is 0 Å². The van der Waals surface area contributed by atoms with Crippen molar-refractivity contribution in [3.63, 3.8) is 0 Å². The largest absolute Gasteiger partial charge is 0.387 e. The summed E-state index contributed by atoms with van der Waals surface area (Å²) in [5.74, 6) is -1.59. The van der Waals surface area contributed by atoms with Crippen molar-refractivity contribution in [1.29, 1.82) is 0 Å². The Hall–Kier alpha value is -1.74. The Balaban J connectivity index is 4.17. The summed E-state index contributed by atoms with van der Waals surface area (Å²) in [7, 11) is -4.45. The Morgan fingerprint density at radius 3 is 1.50 bits per heavy atom. The fraction of sp³-hybridized carbons (Fsp3) is 0.763. The highest BCUT2D eigenvalue weighted by Gasteiger charge is 2.27. The topological polar surface area (TPSA) is 124 Å². The van der Waals surface area contributed by atoms with Crippen molar-refractivity contribution in [2.24, 2.45) is 0 Å². The summed E-state index contributed by atoms with van der Waals surface area (Å²) < 4.78 is 32.3. The molecule has 0 aliphatic rings. The first-order valence-electron chi connectivity index (χ1n) is 18.4. The number of nitrogens with one attached hydrogen (secondary N) is 1. The van der Waals surface area contributed by atoms with E-state index in [1.165, 1.54) is 83.1 Å². The number of hydrogen-bond donors (Lipinski definition) is 4. The molecule has 4 N–H and O–H groups in total. The highest BCUT2D eigenvalue weighted by Crippen LogP contribution is 2.12. The minimum Gasteiger partial charge on any atom is -0.387 e. The Morgan fingerprint density at radius 1 is 0.587 bits per heavy atom. The lowest BCUT2D eigenvalue weighted by atomic mass is 10.1. The first-order chi connectivity index (χ1) is 22.2. The van der Waals surface area contributed by atoms with Crippen molar-refractivity contribution in [2.75, 3.05) is 5.75 Å². The van der Waals surface area contributed by atoms with Gasteiger partial charge in [0.25, 0.3) is 10.1 Å². The van der Waals surface area contributed by atoms with Gasteiger partial charge < -0.3 is 15.5 Å². The normalized spacial score (nSPS) is 14.6. The molecule has 0 aromatic heterocycles. The molecular weight excluding hydrogens is 598 g/mol. The maximum atomic E-state index is 12.5. The minimum absolute atomic E-state index is 0.247. The van der Waals surface area contributed by atoms with Gasteiger partial charge in [0.1, 0.15) is 6.10 Å². The van der Waals surface area contributed by atoms with Crippen LogP contribution >= 0.6 is 0 Å². The van der Waals surface area contributed by atoms with Crippen molar-refractivity contribution in [2.45, 2.75) is 180 Å². The molecule has 0 saturated carbocycles. The maximum Gasteiger partial charge on any atom is 0.267 e. The number of rotatable bonds is 32. The lowest BCUT2D eigenvalue weighted by molar-refractivity contribution is -0.130. The van der Waals surface area contributed by atoms with Crippen molar-refractivity contribution < 1.29 is 28.0 Å². The second-order valence-corrected chi connectivity index (χ2v) is 14.1. The summed E-state index contributed by atoms with van der Waals surface area (Å²) in [6.45, 7) is 4.42. The zero-order valence-corrected chi connectivity index (χ0v) is 30.1. The monoisotopic (exact) mass is 667 g/mol. The Kier molecular flexibility index (Phi) is 30.6. The lowest BCUT2D eigenvalue weighted by Crippen LogP contribution is -2.50. The van der Waals surface area contributed by atoms with Gasteiger partial charge in [-0.05, 0) is 64.2 Å². The molecule has 0 aromatic carbocycles. The van der Waals surface area contributed by atoms with E-state index in [4.69, 9.17) is 0 Å². The third-order valence-electron chi connectivity index (χ3n) is 8.06. The zero-order valence-electron chi connectivity index (χ0n) is 29.3. The lowest BCUT2D eigenvalue weighted by Gasteiger charge is -2.22. The van der Waals surface area contributed by atoms with Gasteiger partial charge in [-0.2, -0.15) is 8.42 Å². The average molecular weight is 668 g/mol. The van der Waals surface area contributed by atoms with Gasteiger partial charge in [-0.15, -0.1) is 0 Å². The molecule has 0 fully saturated rings. The molecule has 0 radical (unpaired) electrons. The van der Waals surface area contributed by atoms with E-state index in [9.17, 15) is 28.0 Å². The molecule has 0 spiro atoms. The summed E-state index contributed by atoms with van der Waals surface area (Å²) >= 11 is 0. The second-order valence-electron chi connectivity index (χ2n) is 12.6. The zero-order chi connectivity index (χ0) is 34.1. The van der Waals surface area contributed by atoms with Crippen LogP contribution in [0.2, 0.25) is 0 Å². The van der Waals surface area contributed by atoms with Crippen LogP contribution in [0, 0.1) is 0 Å². The molecule has 7 nitrogen and oxygen atoms in total. The van der Waals surface area contributed by atoms with E-state index in [1.54, 1.807) is 6.08 Å². The fourth-order valence-corrected chi connectivity index (χ4v) is 5.91. The number of allylic oxidation sites excluding steroid dienone is 7. The SMILES string of the molecule is CCCC/C=C\CCCCCC(O)C(=O)NC(CS(=O)(=O)O)C(O)/C=C/CC/C=C/CC/C=C/CCCCCCCCCCCC. The molecule has 3 atom stereocenters. The van der Waals surface area contributed by atoms with Crippen LogP contribution in [0.5, 0.6) is 0 Å². The predicted molar refractivity (Wildman–Crippen MR) is 194 cm³/mol. The van der Waals surface area contributed by atoms with Crippen LogP contribution in [-0.2, 0) is 14.9 Å². The smallest absolute Gasteiger partial charge is 0.267 e. The highest BCUT2D eigenvalue weighted by molar-refractivity contribution is 7.85. The first-order valence-corrected chi connectivity index (χ1v) is 20.1. The molecule has 0 bridgehead atoms. The van der Waals surface area contributed by atoms with Gasteiger partial charge in [0.05, 0.1) is 17.9 Å². The van der Waals surface area contributed by atoms with E-state index < -0.39 is 40.0 Å². The van der Waals surface area contributed by atoms with E-state index >= 15 is 0 Å². The van der Waals surface area contributed by atoms with Gasteiger partial charge in [-0.3, -0.25) is 9.35 Å². The number of carbonyl (C=O) groups is 1. The molecule has 0 aliphatic heterocycles. The van der Waals surface area contributed by atoms with E-state index in [-0.39, 0.29) is 6.42 Å². The number of unbranched alkanes of at least 4 members (excludes halogenated alkanes) is 17. The van der Waals surface area contributed by atoms with Gasteiger partial charge in [-0.25, -0.2) is 0 Å². The summed E-state index contributed by atoms with van der Waals surface area (Å²) in [6, 6.07) is -1.26. The molecule has 0 rings (SSSR count). The quantitative estimate of drug-likeness (QED) is 0.0322. The van der Waals surface area contributed by atoms with Crippen LogP contribution in [0.3, 0.4) is 0 Å². The standard InChI is InChI=1S/C38H69NO6S/c1-3-5-7-9-11-13-14-15-16-17-18-19-20-21-22-23-25-26-28-30-32-36(40)35(34-46(43,44)45)39-38(42)37(41)33-31-29-27-24-12-10-8-6-4-2/h10,12,19-20,23,25,30,32,35-37,40-41H,3-9,11,13-18,21-22,24,26-29,31,33-34H2,1-2H3,(H,39,42)(H,43,44,45)/b12-10-,20-19+,25-23+,32-30+. The van der Waals surface area contributed by atoms with Crippen molar-refractivity contribution >= 4 is 16.0 Å². The number of aliphatic hydroxyl groups excluding tert-OH is 2. The first kappa shape index (κ1) is 44.3. The Morgan fingerprint density at radius 2 is 1.00 bits per heavy atom. The molecule has 8 heteroatoms. The number of aliphatic hydroxyl groups is 2. The van der Waals surface area contributed by atoms with E-state index in [2.05, 4.69) is 55.6 Å². The fourth-order valence-electron chi connectivity index (χ4n) is 5.17. The van der Waals surface area contributed by atoms with Crippen molar-refractivity contribution in [3.05, 3.63) is 48.6 Å². The van der Waals surface area contributed by atoms with Gasteiger partial charge in [0.2, 0.25) is 5.91 Å². The molecule has 0 aromatic rings. The molecular formula is C38H69NO6S. The molecule has 1 amide bonds. The van der Waals surface area contributed by atoms with E-state index in [0.717, 1.165) is 51.4 Å². The van der Waals surface area contributed by atoms with Crippen LogP contribution in [0.15, 0.2) is 48.6 Å². The third kappa shape index (κ3) is 30.9. The molecule has 268 valence electrons. The number of carbonyl (C=O) groups excluding carboxylic acids is 1. The molecule has 0 aliphatic carbocycles. The summed E-state index contributed by atoms with van der Waals surface area (Å²) in [4.78, 5) is 12.5. The third-order valence-corrected chi connectivity index (χ3v) is 8.84. The van der Waals surface area contributed by atoms with Gasteiger partial charge in [0.15, 0.2) is 0 Å². The van der Waals surface area contributed by atoms with Gasteiger partial charge in [-0.1, -0.05) is 146 Å². The highest BCUT2D eigenvalue weighted by atomic mass is 32.2. The molecule has 3 unspecified atom stereocenters. The number of amides is 1. The van der Waals surface area contributed by atoms with Crippen molar-refractivity contribution in [3.8, 4) is 0 Å². The predicted octanol–water partition coefficient (Wildman–Crippen LogP) is 9.32. The Labute approximate surface area is 282 Å². The van der Waals surface area contributed by atoms with Gasteiger partial charge in [0, 0.05) is 0 Å². The molecule has 0 saturated heterocycles. The summed E-state index contributed by atoms with van der Waals surface area (Å²) in [6.07, 6.45) is 39.0. The molecule has 0 heterocycles. The van der Waals surface area contributed by atoms with Crippen molar-refractivity contribution in [1.82, 2.24) is 5.32 Å². The summed E-state index contributed by atoms with van der Waals surface area (Å²) in [5.41, 5.74) is 0. The van der Waals surface area contributed by atoms with Crippen LogP contribution in [-0.4, -0.2) is 53.1 Å². The minimum atomic E-state index is -4.45. The van der Waals surface area contributed by atoms with Crippen LogP contribution in [0.1, 0.15) is 162 Å². The van der Waals surface area contributed by atoms with Crippen LogP contribution in [0.4, 0.5) is 0 Å². The average Bonchev–Trinajstić information content (AvgIpc) is 3.01. The summed E-state index contributed by atoms with van der Waals surface area (Å²) in [5, 5.41) is 23.2. The Bertz CT molecular complexity index is 927. The second kappa shape index (κ2) is 31.8.